The highest BCUT2D eigenvalue weighted by molar-refractivity contribution is 6.31. The monoisotopic (exact) mass is 623 g/mol. The fraction of sp³-hybridized carbons (Fsp3) is 0.0333. The lowest BCUT2D eigenvalue weighted by atomic mass is 10.2. The third-order valence-corrected chi connectivity index (χ3v) is 6.19. The number of benzene rings is 4. The van der Waals surface area contributed by atoms with E-state index in [4.69, 9.17) is 44.3 Å². The molecule has 0 radical (unpaired) electrons. The zero-order valence-electron chi connectivity index (χ0n) is 21.5. The van der Waals surface area contributed by atoms with Gasteiger partial charge in [0.05, 0.1) is 23.9 Å². The maximum absolute atomic E-state index is 12.8. The number of carbonyl (C=O) groups is 4. The summed E-state index contributed by atoms with van der Waals surface area (Å²) < 4.78 is 11.0. The number of esters is 2. The van der Waals surface area contributed by atoms with Gasteiger partial charge in [0.1, 0.15) is 11.5 Å². The molecule has 0 unspecified atom stereocenters. The summed E-state index contributed by atoms with van der Waals surface area (Å²) in [5.41, 5.74) is 3.32. The Kier molecular flexibility index (Phi) is 10.3. The van der Waals surface area contributed by atoms with Crippen LogP contribution in [-0.2, 0) is 4.79 Å². The smallest absolute Gasteiger partial charge is 0.343 e. The number of halogens is 3. The highest BCUT2D eigenvalue weighted by Gasteiger charge is 2.15. The van der Waals surface area contributed by atoms with Gasteiger partial charge < -0.3 is 14.8 Å². The molecular weight excluding hydrogens is 605 g/mol. The number of hydrogen-bond donors (Lipinski definition) is 2. The Bertz CT molecular complexity index is 1660. The van der Waals surface area contributed by atoms with Gasteiger partial charge in [0, 0.05) is 32.3 Å². The van der Waals surface area contributed by atoms with Crippen molar-refractivity contribution in [3.05, 3.63) is 128 Å². The molecule has 0 saturated carbocycles. The van der Waals surface area contributed by atoms with Crippen LogP contribution in [0.15, 0.2) is 96.1 Å². The van der Waals surface area contributed by atoms with E-state index in [9.17, 15) is 19.2 Å². The number of rotatable bonds is 9. The normalized spacial score (nSPS) is 10.6. The molecule has 0 aliphatic heterocycles. The van der Waals surface area contributed by atoms with Crippen molar-refractivity contribution in [2.45, 2.75) is 0 Å². The standard InChI is InChI=1S/C30H20Cl3N3O6/c31-22-9-4-18(5-10-22)29(39)41-25-13-8-21(26(15-25)42-30(40)19-6-11-23(32)12-7-19)16-35-36-27(37)17-34-28(38)20-2-1-3-24(33)14-20/h1-16H,17H2,(H,34,38)(H,36,37)/b35-16+. The van der Waals surface area contributed by atoms with Gasteiger partial charge >= 0.3 is 11.9 Å². The summed E-state index contributed by atoms with van der Waals surface area (Å²) in [5.74, 6) is -2.40. The van der Waals surface area contributed by atoms with Crippen LogP contribution in [0.3, 0.4) is 0 Å². The summed E-state index contributed by atoms with van der Waals surface area (Å²) in [5, 5.41) is 7.62. The van der Waals surface area contributed by atoms with E-state index in [2.05, 4.69) is 15.8 Å². The fourth-order valence-electron chi connectivity index (χ4n) is 3.38. The summed E-state index contributed by atoms with van der Waals surface area (Å²) >= 11 is 17.7. The van der Waals surface area contributed by atoms with Crippen LogP contribution in [0.2, 0.25) is 15.1 Å². The molecule has 0 saturated heterocycles. The summed E-state index contributed by atoms with van der Waals surface area (Å²) in [4.78, 5) is 49.8. The number of carbonyl (C=O) groups excluding carboxylic acids is 4. The van der Waals surface area contributed by atoms with Crippen molar-refractivity contribution >= 4 is 64.8 Å². The number of nitrogens with one attached hydrogen (secondary N) is 2. The molecule has 9 nitrogen and oxygen atoms in total. The van der Waals surface area contributed by atoms with Crippen molar-refractivity contribution < 1.29 is 28.7 Å². The van der Waals surface area contributed by atoms with Crippen molar-refractivity contribution in [2.24, 2.45) is 5.10 Å². The molecule has 0 aliphatic carbocycles. The first-order chi connectivity index (χ1) is 20.2. The zero-order chi connectivity index (χ0) is 30.1. The molecule has 2 N–H and O–H groups in total. The molecule has 0 spiro atoms. The van der Waals surface area contributed by atoms with Gasteiger partial charge in [0.25, 0.3) is 11.8 Å². The largest absolute Gasteiger partial charge is 0.423 e. The molecule has 2 amide bonds. The van der Waals surface area contributed by atoms with E-state index in [1.165, 1.54) is 66.9 Å². The summed E-state index contributed by atoms with van der Waals surface area (Å²) in [6, 6.07) is 22.7. The number of hydrogen-bond acceptors (Lipinski definition) is 7. The minimum Gasteiger partial charge on any atom is -0.423 e. The maximum atomic E-state index is 12.8. The Hall–Kier alpha value is -4.70. The van der Waals surface area contributed by atoms with Crippen molar-refractivity contribution in [3.63, 3.8) is 0 Å². The molecule has 42 heavy (non-hydrogen) atoms. The van der Waals surface area contributed by atoms with E-state index in [1.807, 2.05) is 0 Å². The number of ether oxygens (including phenoxy) is 2. The van der Waals surface area contributed by atoms with Gasteiger partial charge in [-0.05, 0) is 78.9 Å². The topological polar surface area (TPSA) is 123 Å². The second-order valence-corrected chi connectivity index (χ2v) is 9.79. The minimum atomic E-state index is -0.713. The zero-order valence-corrected chi connectivity index (χ0v) is 23.7. The quantitative estimate of drug-likeness (QED) is 0.102. The lowest BCUT2D eigenvalue weighted by molar-refractivity contribution is -0.120. The molecule has 0 fully saturated rings. The second-order valence-electron chi connectivity index (χ2n) is 8.48. The van der Waals surface area contributed by atoms with Gasteiger partial charge in [-0.1, -0.05) is 40.9 Å². The second kappa shape index (κ2) is 14.3. The first-order valence-corrected chi connectivity index (χ1v) is 13.3. The maximum Gasteiger partial charge on any atom is 0.343 e. The molecule has 4 aromatic carbocycles. The predicted octanol–water partition coefficient (Wildman–Crippen LogP) is 5.97. The van der Waals surface area contributed by atoms with Gasteiger partial charge in [-0.3, -0.25) is 9.59 Å². The molecule has 12 heteroatoms. The van der Waals surface area contributed by atoms with Crippen molar-refractivity contribution in [1.82, 2.24) is 10.7 Å². The summed E-state index contributed by atoms with van der Waals surface area (Å²) in [6.45, 7) is -0.360. The highest BCUT2D eigenvalue weighted by Crippen LogP contribution is 2.26. The summed E-state index contributed by atoms with van der Waals surface area (Å²) in [7, 11) is 0. The van der Waals surface area contributed by atoms with Gasteiger partial charge in [0.2, 0.25) is 0 Å². The summed E-state index contributed by atoms with van der Waals surface area (Å²) in [6.07, 6.45) is 1.23. The van der Waals surface area contributed by atoms with Gasteiger partial charge in [0.15, 0.2) is 0 Å². The van der Waals surface area contributed by atoms with Gasteiger partial charge in [-0.2, -0.15) is 5.10 Å². The van der Waals surface area contributed by atoms with Crippen LogP contribution in [0.25, 0.3) is 0 Å². The lowest BCUT2D eigenvalue weighted by Gasteiger charge is -2.11. The van der Waals surface area contributed by atoms with E-state index >= 15 is 0 Å². The molecule has 212 valence electrons. The number of hydrazone groups is 1. The predicted molar refractivity (Wildman–Crippen MR) is 159 cm³/mol. The lowest BCUT2D eigenvalue weighted by Crippen LogP contribution is -2.34. The van der Waals surface area contributed by atoms with E-state index in [0.717, 1.165) is 0 Å². The Morgan fingerprint density at radius 1 is 0.690 bits per heavy atom. The van der Waals surface area contributed by atoms with Crippen molar-refractivity contribution in [3.8, 4) is 11.5 Å². The minimum absolute atomic E-state index is 0.0105. The average Bonchev–Trinajstić information content (AvgIpc) is 2.97. The Morgan fingerprint density at radius 3 is 1.93 bits per heavy atom. The molecular formula is C30H20Cl3N3O6. The Morgan fingerprint density at radius 2 is 1.31 bits per heavy atom. The third-order valence-electron chi connectivity index (χ3n) is 5.45. The molecule has 0 aliphatic rings. The molecule has 0 aromatic heterocycles. The van der Waals surface area contributed by atoms with Crippen LogP contribution < -0.4 is 20.2 Å². The SMILES string of the molecule is O=C(CNC(=O)c1cccc(Cl)c1)N/N=C/c1ccc(OC(=O)c2ccc(Cl)cc2)cc1OC(=O)c1ccc(Cl)cc1. The molecule has 0 heterocycles. The third kappa shape index (κ3) is 8.65. The Balaban J connectivity index is 1.46. The van der Waals surface area contributed by atoms with Crippen LogP contribution in [0.1, 0.15) is 36.6 Å². The average molecular weight is 625 g/mol. The fourth-order valence-corrected chi connectivity index (χ4v) is 3.82. The van der Waals surface area contributed by atoms with Crippen LogP contribution in [-0.4, -0.2) is 36.5 Å². The number of nitrogens with zero attached hydrogens (tertiary/aromatic N) is 1. The number of amides is 2. The molecule has 4 rings (SSSR count). The molecule has 0 atom stereocenters. The van der Waals surface area contributed by atoms with Crippen molar-refractivity contribution in [2.75, 3.05) is 6.54 Å². The van der Waals surface area contributed by atoms with E-state index in [-0.39, 0.29) is 34.7 Å². The van der Waals surface area contributed by atoms with E-state index in [1.54, 1.807) is 30.3 Å². The van der Waals surface area contributed by atoms with Crippen LogP contribution in [0, 0.1) is 0 Å². The first kappa shape index (κ1) is 30.3. The first-order valence-electron chi connectivity index (χ1n) is 12.1. The Labute approximate surface area is 255 Å². The molecule has 0 bridgehead atoms. The van der Waals surface area contributed by atoms with Crippen LogP contribution in [0.5, 0.6) is 11.5 Å². The van der Waals surface area contributed by atoms with Crippen LogP contribution in [0.4, 0.5) is 0 Å². The van der Waals surface area contributed by atoms with E-state index < -0.39 is 23.8 Å². The van der Waals surface area contributed by atoms with Crippen LogP contribution >= 0.6 is 34.8 Å². The molecule has 4 aromatic rings. The van der Waals surface area contributed by atoms with Gasteiger partial charge in [-0.25, -0.2) is 15.0 Å². The van der Waals surface area contributed by atoms with E-state index in [0.29, 0.717) is 20.6 Å². The van der Waals surface area contributed by atoms with Crippen molar-refractivity contribution in [1.29, 1.82) is 0 Å². The van der Waals surface area contributed by atoms with Gasteiger partial charge in [-0.15, -0.1) is 0 Å². The highest BCUT2D eigenvalue weighted by atomic mass is 35.5.